The summed E-state index contributed by atoms with van der Waals surface area (Å²) in [4.78, 5) is 0. The van der Waals surface area contributed by atoms with E-state index in [1.54, 1.807) is 0 Å². The second kappa shape index (κ2) is 13.4. The van der Waals surface area contributed by atoms with Crippen molar-refractivity contribution in [2.24, 2.45) is 3.50 Å². The van der Waals surface area contributed by atoms with Crippen molar-refractivity contribution in [3.05, 3.63) is 111 Å². The molecule has 5 rings (SSSR count). The van der Waals surface area contributed by atoms with Crippen LogP contribution >= 0.6 is 0 Å². The van der Waals surface area contributed by atoms with E-state index in [2.05, 4.69) is 176 Å². The van der Waals surface area contributed by atoms with Gasteiger partial charge in [-0.1, -0.05) is 0 Å². The number of aryl methyl sites for hydroxylation is 2. The van der Waals surface area contributed by atoms with Gasteiger partial charge in [-0.15, -0.1) is 0 Å². The zero-order valence-corrected chi connectivity index (χ0v) is 35.7. The number of benzene rings is 4. The summed E-state index contributed by atoms with van der Waals surface area (Å²) in [6.07, 6.45) is 0. The first kappa shape index (κ1) is 38.1. The summed E-state index contributed by atoms with van der Waals surface area (Å²) >= 11 is -4.57. The van der Waals surface area contributed by atoms with Crippen molar-refractivity contribution < 1.29 is 23.0 Å². The van der Waals surface area contributed by atoms with Crippen LogP contribution in [0.15, 0.2) is 64.2 Å². The Morgan fingerprint density at radius 2 is 1.02 bits per heavy atom. The van der Waals surface area contributed by atoms with Crippen molar-refractivity contribution in [2.75, 3.05) is 0 Å². The Hall–Kier alpha value is -3.16. The van der Waals surface area contributed by atoms with Gasteiger partial charge in [-0.3, -0.25) is 0 Å². The Balaban J connectivity index is 2.14. The minimum absolute atomic E-state index is 0.181. The molecule has 0 aromatic heterocycles. The predicted molar refractivity (Wildman–Crippen MR) is 212 cm³/mol. The fourth-order valence-corrected chi connectivity index (χ4v) is 13.1. The van der Waals surface area contributed by atoms with E-state index >= 15 is 0 Å². The standard InChI is InChI=1S/C24H34O2.C12H17N.C10H12.Mo/c1-13-11-17(23(5,6)7)21(25)19(15(13)3)20-16(4)14(2)12-18(22(20)26)24(8,9)10;1-8(2)10-6-5-7-11(9(3)4)12(10)13;1-10(2,3)9-7-5-4-6-8-9;/h11-12,25-26H,1-10H3;5-9H,1-4H3;1,4-8H,2-3H3;/q;;;+2/p-2. The summed E-state index contributed by atoms with van der Waals surface area (Å²) in [6.45, 7) is 36.4. The number of hydrogen-bond donors (Lipinski definition) is 0. The maximum absolute atomic E-state index is 7.86. The van der Waals surface area contributed by atoms with E-state index in [-0.39, 0.29) is 22.7 Å². The summed E-state index contributed by atoms with van der Waals surface area (Å²) < 4.78 is 24.1. The van der Waals surface area contributed by atoms with Crippen LogP contribution in [0.1, 0.15) is 145 Å². The van der Waals surface area contributed by atoms with Gasteiger partial charge in [-0.25, -0.2) is 0 Å². The molecule has 268 valence electrons. The number of hydrogen-bond acceptors (Lipinski definition) is 3. The normalized spacial score (nSPS) is 14.4. The van der Waals surface area contributed by atoms with Crippen LogP contribution in [0.3, 0.4) is 0 Å². The van der Waals surface area contributed by atoms with Gasteiger partial charge < -0.3 is 0 Å². The minimum atomic E-state index is -4.57. The Morgan fingerprint density at radius 3 is 1.40 bits per heavy atom. The van der Waals surface area contributed by atoms with Crippen molar-refractivity contribution in [1.82, 2.24) is 0 Å². The van der Waals surface area contributed by atoms with E-state index in [4.69, 9.17) is 10.3 Å². The molecule has 3 nitrogen and oxygen atoms in total. The van der Waals surface area contributed by atoms with Crippen molar-refractivity contribution in [1.29, 1.82) is 0 Å². The zero-order chi connectivity index (χ0) is 37.1. The molecular formula is C46H61MoNO2. The van der Waals surface area contributed by atoms with Gasteiger partial charge in [-0.2, -0.15) is 0 Å². The molecule has 0 fully saturated rings. The molecule has 0 saturated carbocycles. The van der Waals surface area contributed by atoms with Crippen LogP contribution < -0.4 is 6.78 Å². The van der Waals surface area contributed by atoms with Gasteiger partial charge >= 0.3 is 309 Å². The summed E-state index contributed by atoms with van der Waals surface area (Å²) in [5.41, 5.74) is 13.7. The van der Waals surface area contributed by atoms with Crippen LogP contribution in [0.4, 0.5) is 5.69 Å². The Morgan fingerprint density at radius 1 is 0.600 bits per heavy atom. The number of nitrogens with zero attached hydrogens (tertiary/aromatic N) is 1. The van der Waals surface area contributed by atoms with Gasteiger partial charge in [0.2, 0.25) is 0 Å². The van der Waals surface area contributed by atoms with Crippen molar-refractivity contribution in [2.45, 2.75) is 139 Å². The average Bonchev–Trinajstić information content (AvgIpc) is 3.14. The third kappa shape index (κ3) is 7.14. The molecule has 1 heterocycles. The Kier molecular flexibility index (Phi) is 10.2. The van der Waals surface area contributed by atoms with Gasteiger partial charge in [0.25, 0.3) is 0 Å². The topological polar surface area (TPSA) is 30.8 Å². The molecule has 0 radical (unpaired) electrons. The molecule has 0 amide bonds. The molecule has 1 aliphatic heterocycles. The number of fused-ring (bicyclic) bond motifs is 3. The molecule has 50 heavy (non-hydrogen) atoms. The van der Waals surface area contributed by atoms with Gasteiger partial charge in [-0.05, 0) is 0 Å². The molecule has 0 saturated heterocycles. The Labute approximate surface area is 307 Å². The maximum atomic E-state index is 7.86. The summed E-state index contributed by atoms with van der Waals surface area (Å²) in [5, 5.41) is 0. The van der Waals surface area contributed by atoms with E-state index in [9.17, 15) is 0 Å². The molecule has 0 atom stereocenters. The Bertz CT molecular complexity index is 1950. The fraction of sp³-hybridized carbons (Fsp3) is 0.457. The molecule has 4 aromatic carbocycles. The summed E-state index contributed by atoms with van der Waals surface area (Å²) in [7, 11) is 0. The monoisotopic (exact) mass is 757 g/mol. The molecule has 0 bridgehead atoms. The molecule has 0 spiro atoms. The van der Waals surface area contributed by atoms with E-state index in [0.717, 1.165) is 28.3 Å². The van der Waals surface area contributed by atoms with Crippen molar-refractivity contribution in [3.63, 3.8) is 0 Å². The van der Waals surface area contributed by atoms with Gasteiger partial charge in [0.1, 0.15) is 0 Å². The van der Waals surface area contributed by atoms with Crippen molar-refractivity contribution in [3.8, 4) is 22.6 Å². The van der Waals surface area contributed by atoms with E-state index in [1.807, 2.05) is 0 Å². The number of rotatable bonds is 5. The average molecular weight is 756 g/mol. The molecule has 0 N–H and O–H groups in total. The first-order valence-corrected chi connectivity index (χ1v) is 22.1. The second-order valence-electron chi connectivity index (χ2n) is 17.7. The van der Waals surface area contributed by atoms with Gasteiger partial charge in [0.15, 0.2) is 0 Å². The fourth-order valence-electron chi connectivity index (χ4n) is 7.09. The van der Waals surface area contributed by atoms with E-state index in [1.165, 1.54) is 50.1 Å². The second-order valence-corrected chi connectivity index (χ2v) is 22.1. The van der Waals surface area contributed by atoms with Crippen LogP contribution in [0.2, 0.25) is 0 Å². The van der Waals surface area contributed by atoms with E-state index < -0.39 is 21.6 Å². The van der Waals surface area contributed by atoms with Gasteiger partial charge in [0.05, 0.1) is 0 Å². The quantitative estimate of drug-likeness (QED) is 0.190. The molecule has 0 aliphatic carbocycles. The van der Waals surface area contributed by atoms with Crippen LogP contribution in [-0.4, -0.2) is 4.40 Å². The third-order valence-electron chi connectivity index (χ3n) is 10.4. The van der Waals surface area contributed by atoms with Gasteiger partial charge in [0, 0.05) is 0 Å². The first-order chi connectivity index (χ1) is 23.1. The molecule has 4 aromatic rings. The molecule has 1 aliphatic rings. The van der Waals surface area contributed by atoms with Crippen molar-refractivity contribution >= 4 is 10.1 Å². The predicted octanol–water partition coefficient (Wildman–Crippen LogP) is 13.5. The van der Waals surface area contributed by atoms with Crippen LogP contribution in [0.25, 0.3) is 11.1 Å². The molecule has 0 unspecified atom stereocenters. The molecular weight excluding hydrogens is 694 g/mol. The van der Waals surface area contributed by atoms with Crippen LogP contribution in [-0.2, 0) is 32.4 Å². The first-order valence-electron chi connectivity index (χ1n) is 18.4. The van der Waals surface area contributed by atoms with Crippen LogP contribution in [0, 0.1) is 27.7 Å². The SMILES string of the molecule is Cc1cc(C(C)(C)C)c2c(c1C)-c1c(C)c(C)cc(C(C)(C)C)c1[O][Mo](=[CH]C(C)(C)c1ccccc1)(=[N]c1c(C(C)C)cccc1C(C)C)[O]2. The molecule has 4 heteroatoms. The van der Waals surface area contributed by atoms with E-state index in [0.29, 0.717) is 0 Å². The van der Waals surface area contributed by atoms with Crippen LogP contribution in [0.5, 0.6) is 11.5 Å². The summed E-state index contributed by atoms with van der Waals surface area (Å²) in [6, 6.07) is 22.2. The summed E-state index contributed by atoms with van der Waals surface area (Å²) in [5.74, 6) is 2.44. The zero-order valence-electron chi connectivity index (χ0n) is 33.7. The third-order valence-corrected chi connectivity index (χ3v) is 15.6.